The van der Waals surface area contributed by atoms with Gasteiger partial charge in [-0.2, -0.15) is 0 Å². The van der Waals surface area contributed by atoms with Crippen molar-refractivity contribution in [3.8, 4) is 0 Å². The van der Waals surface area contributed by atoms with Gasteiger partial charge in [-0.15, -0.1) is 0 Å². The van der Waals surface area contributed by atoms with Gasteiger partial charge in [-0.1, -0.05) is 48.5 Å². The summed E-state index contributed by atoms with van der Waals surface area (Å²) in [7, 11) is 0. The number of primary amides is 1. The number of anilines is 1. The lowest BCUT2D eigenvalue weighted by atomic mass is 9.93. The van der Waals surface area contributed by atoms with Crippen molar-refractivity contribution in [2.75, 3.05) is 5.32 Å². The molecule has 0 fully saturated rings. The Hall–Kier alpha value is -3.47. The van der Waals surface area contributed by atoms with Crippen LogP contribution in [0.1, 0.15) is 27.5 Å². The number of hydrogen-bond acceptors (Lipinski definition) is 3. The molecule has 0 aliphatic heterocycles. The standard InChI is InChI=1S/C21H19N3O2/c22-20(25)17-11-4-5-12-19(17)24-21(26)18(15-8-2-1-3-9-15)14-16-10-6-7-13-23-16/h1-13,18H,14H2,(H2,22,25)(H,24,26). The molecular weight excluding hydrogens is 326 g/mol. The molecule has 0 aliphatic rings. The van der Waals surface area contributed by atoms with Gasteiger partial charge in [0.15, 0.2) is 0 Å². The summed E-state index contributed by atoms with van der Waals surface area (Å²) < 4.78 is 0. The molecule has 0 bridgehead atoms. The summed E-state index contributed by atoms with van der Waals surface area (Å²) in [6.07, 6.45) is 2.16. The number of nitrogens with zero attached hydrogens (tertiary/aromatic N) is 1. The van der Waals surface area contributed by atoms with E-state index < -0.39 is 11.8 Å². The number of benzene rings is 2. The Bertz CT molecular complexity index is 895. The maximum absolute atomic E-state index is 13.0. The van der Waals surface area contributed by atoms with Crippen molar-refractivity contribution in [1.82, 2.24) is 4.98 Å². The van der Waals surface area contributed by atoms with Gasteiger partial charge in [0.1, 0.15) is 0 Å². The smallest absolute Gasteiger partial charge is 0.250 e. The van der Waals surface area contributed by atoms with Gasteiger partial charge in [-0.05, 0) is 29.8 Å². The molecule has 0 aliphatic carbocycles. The van der Waals surface area contributed by atoms with Crippen molar-refractivity contribution in [1.29, 1.82) is 0 Å². The number of hydrogen-bond donors (Lipinski definition) is 2. The molecular formula is C21H19N3O2. The summed E-state index contributed by atoms with van der Waals surface area (Å²) in [6.45, 7) is 0. The van der Waals surface area contributed by atoms with Crippen molar-refractivity contribution in [2.24, 2.45) is 5.73 Å². The number of nitrogens with two attached hydrogens (primary N) is 1. The number of amides is 2. The van der Waals surface area contributed by atoms with Gasteiger partial charge in [0.05, 0.1) is 17.2 Å². The van der Waals surface area contributed by atoms with Gasteiger partial charge in [0.25, 0.3) is 5.91 Å². The third-order valence-electron chi connectivity index (χ3n) is 4.11. The van der Waals surface area contributed by atoms with E-state index in [0.717, 1.165) is 11.3 Å². The summed E-state index contributed by atoms with van der Waals surface area (Å²) in [5.41, 5.74) is 7.79. The van der Waals surface area contributed by atoms with Gasteiger partial charge >= 0.3 is 0 Å². The second kappa shape index (κ2) is 8.07. The fraction of sp³-hybridized carbons (Fsp3) is 0.0952. The number of para-hydroxylation sites is 1. The van der Waals surface area contributed by atoms with Crippen LogP contribution < -0.4 is 11.1 Å². The van der Waals surface area contributed by atoms with Crippen molar-refractivity contribution in [3.05, 3.63) is 95.8 Å². The van der Waals surface area contributed by atoms with Crippen molar-refractivity contribution >= 4 is 17.5 Å². The Morgan fingerprint density at radius 2 is 1.62 bits per heavy atom. The van der Waals surface area contributed by atoms with Crippen LogP contribution >= 0.6 is 0 Å². The van der Waals surface area contributed by atoms with E-state index in [9.17, 15) is 9.59 Å². The molecule has 130 valence electrons. The molecule has 5 nitrogen and oxygen atoms in total. The molecule has 1 aromatic heterocycles. The topological polar surface area (TPSA) is 85.1 Å². The number of carbonyl (C=O) groups is 2. The second-order valence-corrected chi connectivity index (χ2v) is 5.89. The maximum Gasteiger partial charge on any atom is 0.250 e. The molecule has 1 atom stereocenters. The highest BCUT2D eigenvalue weighted by Gasteiger charge is 2.23. The molecule has 0 radical (unpaired) electrons. The van der Waals surface area contributed by atoms with Crippen molar-refractivity contribution in [2.45, 2.75) is 12.3 Å². The van der Waals surface area contributed by atoms with Crippen molar-refractivity contribution < 1.29 is 9.59 Å². The van der Waals surface area contributed by atoms with Crippen LogP contribution in [-0.2, 0) is 11.2 Å². The Balaban J connectivity index is 1.89. The second-order valence-electron chi connectivity index (χ2n) is 5.89. The van der Waals surface area contributed by atoms with Crippen LogP contribution in [0, 0.1) is 0 Å². The Kier molecular flexibility index (Phi) is 5.39. The molecule has 3 aromatic rings. The number of aromatic nitrogens is 1. The molecule has 26 heavy (non-hydrogen) atoms. The average molecular weight is 345 g/mol. The molecule has 0 saturated carbocycles. The molecule has 5 heteroatoms. The SMILES string of the molecule is NC(=O)c1ccccc1NC(=O)C(Cc1ccccn1)c1ccccc1. The normalized spacial score (nSPS) is 11.5. The van der Waals surface area contributed by atoms with Crippen molar-refractivity contribution in [3.63, 3.8) is 0 Å². The highest BCUT2D eigenvalue weighted by atomic mass is 16.2. The summed E-state index contributed by atoms with van der Waals surface area (Å²) in [5, 5.41) is 2.84. The highest BCUT2D eigenvalue weighted by Crippen LogP contribution is 2.23. The van der Waals surface area contributed by atoms with E-state index in [0.29, 0.717) is 12.1 Å². The van der Waals surface area contributed by atoms with Crippen LogP contribution in [0.4, 0.5) is 5.69 Å². The third kappa shape index (κ3) is 4.13. The summed E-state index contributed by atoms with van der Waals surface area (Å²) in [6, 6.07) is 21.8. The Morgan fingerprint density at radius 1 is 0.923 bits per heavy atom. The Morgan fingerprint density at radius 3 is 2.31 bits per heavy atom. The van der Waals surface area contributed by atoms with E-state index in [1.54, 1.807) is 30.5 Å². The summed E-state index contributed by atoms with van der Waals surface area (Å²) in [4.78, 5) is 28.9. The van der Waals surface area contributed by atoms with Gasteiger partial charge in [-0.25, -0.2) is 0 Å². The minimum Gasteiger partial charge on any atom is -0.366 e. The van der Waals surface area contributed by atoms with Gasteiger partial charge in [0, 0.05) is 18.3 Å². The molecule has 2 amide bonds. The lowest BCUT2D eigenvalue weighted by Gasteiger charge is -2.18. The lowest BCUT2D eigenvalue weighted by Crippen LogP contribution is -2.25. The number of pyridine rings is 1. The summed E-state index contributed by atoms with van der Waals surface area (Å²) >= 11 is 0. The molecule has 3 rings (SSSR count). The number of nitrogens with one attached hydrogen (secondary N) is 1. The lowest BCUT2D eigenvalue weighted by molar-refractivity contribution is -0.117. The van der Waals surface area contributed by atoms with Gasteiger partial charge in [-0.3, -0.25) is 14.6 Å². The minimum absolute atomic E-state index is 0.212. The summed E-state index contributed by atoms with van der Waals surface area (Å²) in [5.74, 6) is -1.23. The zero-order valence-electron chi connectivity index (χ0n) is 14.1. The van der Waals surface area contributed by atoms with E-state index in [4.69, 9.17) is 5.73 Å². The van der Waals surface area contributed by atoms with Gasteiger partial charge < -0.3 is 11.1 Å². The highest BCUT2D eigenvalue weighted by molar-refractivity contribution is 6.04. The molecule has 3 N–H and O–H groups in total. The number of rotatable bonds is 6. The maximum atomic E-state index is 13.0. The van der Waals surface area contributed by atoms with Crippen LogP contribution in [0.2, 0.25) is 0 Å². The first-order valence-corrected chi connectivity index (χ1v) is 8.29. The van der Waals surface area contributed by atoms with E-state index in [1.807, 2.05) is 48.5 Å². The molecule has 2 aromatic carbocycles. The van der Waals surface area contributed by atoms with Crippen LogP contribution in [0.15, 0.2) is 79.0 Å². The quantitative estimate of drug-likeness (QED) is 0.720. The minimum atomic E-state index is -0.582. The third-order valence-corrected chi connectivity index (χ3v) is 4.11. The Labute approximate surface area is 151 Å². The molecule has 1 heterocycles. The zero-order valence-corrected chi connectivity index (χ0v) is 14.1. The zero-order chi connectivity index (χ0) is 18.4. The largest absolute Gasteiger partial charge is 0.366 e. The first-order valence-electron chi connectivity index (χ1n) is 8.29. The number of carbonyl (C=O) groups excluding carboxylic acids is 2. The fourth-order valence-corrected chi connectivity index (χ4v) is 2.80. The molecule has 0 spiro atoms. The van der Waals surface area contributed by atoms with E-state index in [-0.39, 0.29) is 11.5 Å². The first-order chi connectivity index (χ1) is 12.6. The average Bonchev–Trinajstić information content (AvgIpc) is 2.68. The molecule has 0 saturated heterocycles. The van der Waals surface area contributed by atoms with Crippen LogP contribution in [0.5, 0.6) is 0 Å². The predicted octanol–water partition coefficient (Wildman–Crippen LogP) is 3.15. The van der Waals surface area contributed by atoms with Crippen LogP contribution in [0.3, 0.4) is 0 Å². The predicted molar refractivity (Wildman–Crippen MR) is 101 cm³/mol. The van der Waals surface area contributed by atoms with E-state index in [1.165, 1.54) is 0 Å². The van der Waals surface area contributed by atoms with Crippen LogP contribution in [0.25, 0.3) is 0 Å². The van der Waals surface area contributed by atoms with E-state index >= 15 is 0 Å². The monoisotopic (exact) mass is 345 g/mol. The fourth-order valence-electron chi connectivity index (χ4n) is 2.80. The van der Waals surface area contributed by atoms with Gasteiger partial charge in [0.2, 0.25) is 5.91 Å². The molecule has 1 unspecified atom stereocenters. The van der Waals surface area contributed by atoms with E-state index in [2.05, 4.69) is 10.3 Å². The van der Waals surface area contributed by atoms with Crippen LogP contribution in [-0.4, -0.2) is 16.8 Å². The first kappa shape index (κ1) is 17.4.